The molecule has 0 amide bonds. The predicted octanol–water partition coefficient (Wildman–Crippen LogP) is 6.99. The van der Waals surface area contributed by atoms with Gasteiger partial charge in [0.25, 0.3) is 0 Å². The molecule has 0 aromatic carbocycles. The van der Waals surface area contributed by atoms with Gasteiger partial charge in [-0.1, -0.05) is 37.8 Å². The van der Waals surface area contributed by atoms with Gasteiger partial charge in [0.05, 0.1) is 12.2 Å². The molecule has 4 rings (SSSR count). The Bertz CT molecular complexity index is 511. The molecule has 23 heavy (non-hydrogen) atoms. The molecule has 2 aliphatic rings. The van der Waals surface area contributed by atoms with Crippen LogP contribution in [0.5, 0.6) is 0 Å². The number of ether oxygens (including phenoxy) is 1. The van der Waals surface area contributed by atoms with Gasteiger partial charge in [0.1, 0.15) is 0 Å². The maximum atomic E-state index is 6.93. The second-order valence-corrected chi connectivity index (χ2v) is 9.06. The van der Waals surface area contributed by atoms with Crippen LogP contribution in [0.4, 0.5) is 0 Å². The molecule has 2 aromatic heterocycles. The first kappa shape index (κ1) is 15.9. The van der Waals surface area contributed by atoms with Crippen LogP contribution in [-0.2, 0) is 4.74 Å². The Morgan fingerprint density at radius 3 is 1.52 bits per heavy atom. The van der Waals surface area contributed by atoms with Crippen LogP contribution < -0.4 is 0 Å². The fraction of sp³-hybridized carbons (Fsp3) is 0.600. The Morgan fingerprint density at radius 1 is 0.739 bits per heavy atom. The highest BCUT2D eigenvalue weighted by molar-refractivity contribution is 7.10. The van der Waals surface area contributed by atoms with Crippen LogP contribution in [0.1, 0.15) is 73.3 Å². The first-order valence-corrected chi connectivity index (χ1v) is 10.9. The average Bonchev–Trinajstić information content (AvgIpc) is 3.35. The summed E-state index contributed by atoms with van der Waals surface area (Å²) in [5.74, 6) is 1.44. The highest BCUT2D eigenvalue weighted by atomic mass is 32.1. The van der Waals surface area contributed by atoms with Crippen molar-refractivity contribution in [2.24, 2.45) is 11.8 Å². The zero-order valence-corrected chi connectivity index (χ0v) is 15.3. The van der Waals surface area contributed by atoms with Crippen molar-refractivity contribution in [3.8, 4) is 0 Å². The van der Waals surface area contributed by atoms with Crippen molar-refractivity contribution in [2.45, 2.75) is 63.6 Å². The van der Waals surface area contributed by atoms with Crippen molar-refractivity contribution in [3.63, 3.8) is 0 Å². The van der Waals surface area contributed by atoms with E-state index in [2.05, 4.69) is 35.0 Å². The molecular formula is C20H26OS2. The molecular weight excluding hydrogens is 320 g/mol. The first-order chi connectivity index (χ1) is 11.4. The molecule has 1 nitrogen and oxygen atoms in total. The molecule has 2 unspecified atom stereocenters. The van der Waals surface area contributed by atoms with Gasteiger partial charge in [-0.3, -0.25) is 0 Å². The van der Waals surface area contributed by atoms with Gasteiger partial charge in [-0.25, -0.2) is 0 Å². The Hall–Kier alpha value is -0.640. The smallest absolute Gasteiger partial charge is 0.0953 e. The topological polar surface area (TPSA) is 9.23 Å². The van der Waals surface area contributed by atoms with Gasteiger partial charge in [-0.15, -0.1) is 22.7 Å². The Morgan fingerprint density at radius 2 is 1.17 bits per heavy atom. The molecule has 0 radical (unpaired) electrons. The number of hydrogen-bond donors (Lipinski definition) is 0. The lowest BCUT2D eigenvalue weighted by molar-refractivity contribution is -0.0685. The van der Waals surface area contributed by atoms with Crippen molar-refractivity contribution < 1.29 is 4.74 Å². The van der Waals surface area contributed by atoms with Crippen LogP contribution in [0.3, 0.4) is 0 Å². The summed E-state index contributed by atoms with van der Waals surface area (Å²) in [5.41, 5.74) is 0. The summed E-state index contributed by atoms with van der Waals surface area (Å²) < 4.78 is 6.93. The zero-order chi connectivity index (χ0) is 15.5. The summed E-state index contributed by atoms with van der Waals surface area (Å²) in [7, 11) is 0. The molecule has 0 spiro atoms. The second kappa shape index (κ2) is 7.50. The summed E-state index contributed by atoms with van der Waals surface area (Å²) in [6.45, 7) is 0. The van der Waals surface area contributed by atoms with Crippen molar-refractivity contribution in [3.05, 3.63) is 44.8 Å². The molecule has 0 bridgehead atoms. The van der Waals surface area contributed by atoms with E-state index >= 15 is 0 Å². The van der Waals surface area contributed by atoms with E-state index in [0.29, 0.717) is 12.2 Å². The van der Waals surface area contributed by atoms with Crippen LogP contribution in [-0.4, -0.2) is 0 Å². The minimum atomic E-state index is 0.310. The molecule has 2 fully saturated rings. The SMILES string of the molecule is c1csc(C(OC(c2cccs2)C2CCCC2)C2CCCC2)c1. The van der Waals surface area contributed by atoms with E-state index in [0.717, 1.165) is 11.8 Å². The van der Waals surface area contributed by atoms with Crippen LogP contribution in [0.25, 0.3) is 0 Å². The molecule has 0 saturated heterocycles. The van der Waals surface area contributed by atoms with E-state index in [1.54, 1.807) is 0 Å². The Kier molecular flexibility index (Phi) is 5.17. The highest BCUT2D eigenvalue weighted by Crippen LogP contribution is 2.47. The lowest BCUT2D eigenvalue weighted by Crippen LogP contribution is -2.20. The molecule has 2 atom stereocenters. The Balaban J connectivity index is 1.59. The standard InChI is InChI=1S/C20H26OS2/c1-2-8-15(7-1)19(17-11-5-13-22-17)21-20(16-9-3-4-10-16)18-12-6-14-23-18/h5-6,11-16,19-20H,1-4,7-10H2. The predicted molar refractivity (Wildman–Crippen MR) is 99.1 cm³/mol. The van der Waals surface area contributed by atoms with E-state index in [-0.39, 0.29) is 0 Å². The fourth-order valence-electron chi connectivity index (χ4n) is 4.41. The minimum absolute atomic E-state index is 0.310. The van der Waals surface area contributed by atoms with E-state index in [1.165, 1.54) is 61.1 Å². The molecule has 2 aliphatic carbocycles. The van der Waals surface area contributed by atoms with Gasteiger partial charge in [0.2, 0.25) is 0 Å². The van der Waals surface area contributed by atoms with Gasteiger partial charge in [-0.05, 0) is 60.4 Å². The van der Waals surface area contributed by atoms with Gasteiger partial charge in [0.15, 0.2) is 0 Å². The second-order valence-electron chi connectivity index (χ2n) is 7.10. The molecule has 2 saturated carbocycles. The molecule has 2 aromatic rings. The highest BCUT2D eigenvalue weighted by Gasteiger charge is 2.35. The normalized spacial score (nSPS) is 22.6. The van der Waals surface area contributed by atoms with Gasteiger partial charge in [0, 0.05) is 9.75 Å². The maximum Gasteiger partial charge on any atom is 0.0953 e. The molecule has 0 aliphatic heterocycles. The van der Waals surface area contributed by atoms with Gasteiger partial charge in [-0.2, -0.15) is 0 Å². The Labute approximate surface area is 147 Å². The van der Waals surface area contributed by atoms with Crippen LogP contribution in [0, 0.1) is 11.8 Å². The van der Waals surface area contributed by atoms with Crippen LogP contribution >= 0.6 is 22.7 Å². The van der Waals surface area contributed by atoms with Crippen molar-refractivity contribution >= 4 is 22.7 Å². The first-order valence-electron chi connectivity index (χ1n) is 9.14. The van der Waals surface area contributed by atoms with Crippen molar-refractivity contribution in [1.29, 1.82) is 0 Å². The van der Waals surface area contributed by atoms with E-state index in [4.69, 9.17) is 4.74 Å². The molecule has 2 heterocycles. The average molecular weight is 347 g/mol. The van der Waals surface area contributed by atoms with Crippen molar-refractivity contribution in [1.82, 2.24) is 0 Å². The summed E-state index contributed by atoms with van der Waals surface area (Å²) >= 11 is 3.76. The third-order valence-corrected chi connectivity index (χ3v) is 7.46. The zero-order valence-electron chi connectivity index (χ0n) is 13.7. The fourth-order valence-corrected chi connectivity index (χ4v) is 6.11. The summed E-state index contributed by atoms with van der Waals surface area (Å²) in [4.78, 5) is 2.88. The summed E-state index contributed by atoms with van der Waals surface area (Å²) in [6.07, 6.45) is 11.5. The number of thiophene rings is 2. The summed E-state index contributed by atoms with van der Waals surface area (Å²) in [5, 5.41) is 4.41. The minimum Gasteiger partial charge on any atom is -0.363 e. The van der Waals surface area contributed by atoms with Gasteiger partial charge < -0.3 is 4.74 Å². The maximum absolute atomic E-state index is 6.93. The van der Waals surface area contributed by atoms with Gasteiger partial charge >= 0.3 is 0 Å². The third kappa shape index (κ3) is 3.57. The number of hydrogen-bond acceptors (Lipinski definition) is 3. The van der Waals surface area contributed by atoms with Crippen molar-refractivity contribution in [2.75, 3.05) is 0 Å². The molecule has 3 heteroatoms. The largest absolute Gasteiger partial charge is 0.363 e. The van der Waals surface area contributed by atoms with E-state index < -0.39 is 0 Å². The third-order valence-electron chi connectivity index (χ3n) is 5.60. The lowest BCUT2D eigenvalue weighted by Gasteiger charge is -2.31. The quantitative estimate of drug-likeness (QED) is 0.547. The monoisotopic (exact) mass is 346 g/mol. The summed E-state index contributed by atoms with van der Waals surface area (Å²) in [6, 6.07) is 8.93. The van der Waals surface area contributed by atoms with E-state index in [1.807, 2.05) is 22.7 Å². The lowest BCUT2D eigenvalue weighted by atomic mass is 9.96. The number of rotatable bonds is 6. The van der Waals surface area contributed by atoms with Crippen LogP contribution in [0.15, 0.2) is 35.0 Å². The molecule has 124 valence electrons. The molecule has 0 N–H and O–H groups in total. The van der Waals surface area contributed by atoms with E-state index in [9.17, 15) is 0 Å². The van der Waals surface area contributed by atoms with Crippen LogP contribution in [0.2, 0.25) is 0 Å².